The monoisotopic (exact) mass is 353 g/mol. The summed E-state index contributed by atoms with van der Waals surface area (Å²) < 4.78 is 10.8. The molecule has 126 valence electrons. The SMILES string of the molecule is O=C(NCc1ccc([C@H](O)c2ccco2)s1)c1cc2ccccc2o1. The van der Waals surface area contributed by atoms with E-state index < -0.39 is 6.10 Å². The topological polar surface area (TPSA) is 75.6 Å². The molecule has 3 heterocycles. The summed E-state index contributed by atoms with van der Waals surface area (Å²) >= 11 is 1.43. The van der Waals surface area contributed by atoms with Gasteiger partial charge in [0, 0.05) is 15.1 Å². The van der Waals surface area contributed by atoms with Gasteiger partial charge in [0.05, 0.1) is 12.8 Å². The number of para-hydroxylation sites is 1. The van der Waals surface area contributed by atoms with Crippen LogP contribution in [-0.4, -0.2) is 11.0 Å². The van der Waals surface area contributed by atoms with Crippen LogP contribution in [0, 0.1) is 0 Å². The summed E-state index contributed by atoms with van der Waals surface area (Å²) in [5.74, 6) is 0.519. The van der Waals surface area contributed by atoms with Gasteiger partial charge < -0.3 is 19.3 Å². The van der Waals surface area contributed by atoms with Crippen molar-refractivity contribution in [1.29, 1.82) is 0 Å². The standard InChI is InChI=1S/C19H15NO4S/c21-18(15-6-3-9-23-15)17-8-7-13(25-17)11-20-19(22)16-10-12-4-1-2-5-14(12)24-16/h1-10,18,21H,11H2,(H,20,22)/t18-/m1/s1. The molecule has 0 fully saturated rings. The number of hydrogen-bond donors (Lipinski definition) is 2. The molecule has 2 N–H and O–H groups in total. The van der Waals surface area contributed by atoms with E-state index in [1.807, 2.05) is 36.4 Å². The molecule has 1 aromatic carbocycles. The molecule has 25 heavy (non-hydrogen) atoms. The maximum atomic E-state index is 12.3. The van der Waals surface area contributed by atoms with Gasteiger partial charge in [-0.2, -0.15) is 0 Å². The van der Waals surface area contributed by atoms with Crippen molar-refractivity contribution >= 4 is 28.2 Å². The van der Waals surface area contributed by atoms with E-state index in [9.17, 15) is 9.90 Å². The van der Waals surface area contributed by atoms with Crippen LogP contribution in [0.25, 0.3) is 11.0 Å². The van der Waals surface area contributed by atoms with Crippen molar-refractivity contribution in [2.45, 2.75) is 12.6 Å². The van der Waals surface area contributed by atoms with Crippen molar-refractivity contribution in [2.75, 3.05) is 0 Å². The summed E-state index contributed by atoms with van der Waals surface area (Å²) in [7, 11) is 0. The highest BCUT2D eigenvalue weighted by Crippen LogP contribution is 2.28. The molecule has 0 aliphatic rings. The Morgan fingerprint density at radius 1 is 1.16 bits per heavy atom. The Balaban J connectivity index is 1.42. The molecular weight excluding hydrogens is 338 g/mol. The van der Waals surface area contributed by atoms with E-state index in [4.69, 9.17) is 8.83 Å². The third-order valence-corrected chi connectivity index (χ3v) is 4.97. The average molecular weight is 353 g/mol. The molecule has 1 atom stereocenters. The second-order valence-corrected chi connectivity index (χ2v) is 6.75. The Hall–Kier alpha value is -2.83. The molecule has 0 saturated carbocycles. The van der Waals surface area contributed by atoms with Crippen LogP contribution >= 0.6 is 11.3 Å². The number of rotatable bonds is 5. The maximum absolute atomic E-state index is 12.3. The summed E-state index contributed by atoms with van der Waals surface area (Å²) in [5, 5.41) is 14.0. The number of amides is 1. The van der Waals surface area contributed by atoms with Crippen LogP contribution in [0.1, 0.15) is 32.2 Å². The maximum Gasteiger partial charge on any atom is 0.287 e. The third kappa shape index (κ3) is 3.22. The van der Waals surface area contributed by atoms with Gasteiger partial charge in [-0.15, -0.1) is 11.3 Å². The van der Waals surface area contributed by atoms with Crippen LogP contribution in [0.3, 0.4) is 0 Å². The third-order valence-electron chi connectivity index (χ3n) is 3.84. The van der Waals surface area contributed by atoms with Gasteiger partial charge in [-0.1, -0.05) is 18.2 Å². The minimum atomic E-state index is -0.792. The molecule has 0 radical (unpaired) electrons. The second-order valence-electron chi connectivity index (χ2n) is 5.55. The Morgan fingerprint density at radius 3 is 2.84 bits per heavy atom. The first-order chi connectivity index (χ1) is 12.2. The quantitative estimate of drug-likeness (QED) is 0.566. The molecule has 0 spiro atoms. The number of fused-ring (bicyclic) bond motifs is 1. The summed E-state index contributed by atoms with van der Waals surface area (Å²) in [6.07, 6.45) is 0.737. The predicted octanol–water partition coefficient (Wildman–Crippen LogP) is 4.10. The first-order valence-corrected chi connectivity index (χ1v) is 8.59. The van der Waals surface area contributed by atoms with Gasteiger partial charge in [0.1, 0.15) is 17.4 Å². The fraction of sp³-hybridized carbons (Fsp3) is 0.105. The fourth-order valence-electron chi connectivity index (χ4n) is 2.57. The normalized spacial score (nSPS) is 12.4. The molecular formula is C19H15NO4S. The van der Waals surface area contributed by atoms with Crippen molar-refractivity contribution in [3.05, 3.63) is 82.1 Å². The van der Waals surface area contributed by atoms with Crippen LogP contribution in [0.2, 0.25) is 0 Å². The average Bonchev–Trinajstić information content (AvgIpc) is 3.39. The van der Waals surface area contributed by atoms with Crippen LogP contribution < -0.4 is 5.32 Å². The van der Waals surface area contributed by atoms with E-state index >= 15 is 0 Å². The van der Waals surface area contributed by atoms with Crippen LogP contribution in [0.4, 0.5) is 0 Å². The lowest BCUT2D eigenvalue weighted by Gasteiger charge is -2.04. The Labute approximate surface area is 147 Å². The molecule has 6 heteroatoms. The minimum Gasteiger partial charge on any atom is -0.466 e. The second kappa shape index (κ2) is 6.58. The lowest BCUT2D eigenvalue weighted by atomic mass is 10.2. The first kappa shape index (κ1) is 15.7. The summed E-state index contributed by atoms with van der Waals surface area (Å²) in [6.45, 7) is 0.366. The van der Waals surface area contributed by atoms with Crippen LogP contribution in [0.15, 0.2) is 69.7 Å². The molecule has 4 rings (SSSR count). The molecule has 5 nitrogen and oxygen atoms in total. The highest BCUT2D eigenvalue weighted by Gasteiger charge is 2.16. The molecule has 0 aliphatic heterocycles. The molecule has 0 unspecified atom stereocenters. The summed E-state index contributed by atoms with van der Waals surface area (Å²) in [6, 6.07) is 16.4. The molecule has 4 aromatic rings. The van der Waals surface area contributed by atoms with Gasteiger partial charge in [0.2, 0.25) is 0 Å². The number of furan rings is 2. The van der Waals surface area contributed by atoms with Crippen LogP contribution in [-0.2, 0) is 6.54 Å². The van der Waals surface area contributed by atoms with Gasteiger partial charge >= 0.3 is 0 Å². The van der Waals surface area contributed by atoms with Crippen molar-refractivity contribution in [1.82, 2.24) is 5.32 Å². The van der Waals surface area contributed by atoms with Gasteiger partial charge in [-0.05, 0) is 36.4 Å². The fourth-order valence-corrected chi connectivity index (χ4v) is 3.52. The minimum absolute atomic E-state index is 0.266. The zero-order chi connectivity index (χ0) is 17.2. The highest BCUT2D eigenvalue weighted by molar-refractivity contribution is 7.12. The van der Waals surface area contributed by atoms with E-state index in [-0.39, 0.29) is 11.7 Å². The number of aliphatic hydroxyl groups excluding tert-OH is 1. The summed E-state index contributed by atoms with van der Waals surface area (Å²) in [5.41, 5.74) is 0.688. The van der Waals surface area contributed by atoms with E-state index in [0.717, 1.165) is 15.1 Å². The predicted molar refractivity (Wildman–Crippen MR) is 94.5 cm³/mol. The summed E-state index contributed by atoms with van der Waals surface area (Å²) in [4.78, 5) is 14.0. The smallest absolute Gasteiger partial charge is 0.287 e. The Bertz CT molecular complexity index is 966. The lowest BCUT2D eigenvalue weighted by molar-refractivity contribution is 0.0925. The van der Waals surface area contributed by atoms with Crippen molar-refractivity contribution in [3.63, 3.8) is 0 Å². The zero-order valence-corrected chi connectivity index (χ0v) is 14.0. The zero-order valence-electron chi connectivity index (χ0n) is 13.1. The van der Waals surface area contributed by atoms with Crippen molar-refractivity contribution in [3.8, 4) is 0 Å². The van der Waals surface area contributed by atoms with Gasteiger partial charge in [-0.3, -0.25) is 4.79 Å². The molecule has 0 saturated heterocycles. The molecule has 1 amide bonds. The van der Waals surface area contributed by atoms with E-state index in [1.54, 1.807) is 18.2 Å². The first-order valence-electron chi connectivity index (χ1n) is 7.77. The van der Waals surface area contributed by atoms with Gasteiger partial charge in [0.25, 0.3) is 5.91 Å². The van der Waals surface area contributed by atoms with E-state index in [2.05, 4.69) is 5.32 Å². The number of hydrogen-bond acceptors (Lipinski definition) is 5. The number of benzene rings is 1. The largest absolute Gasteiger partial charge is 0.466 e. The number of carbonyl (C=O) groups is 1. The Kier molecular flexibility index (Phi) is 4.13. The Morgan fingerprint density at radius 2 is 2.04 bits per heavy atom. The highest BCUT2D eigenvalue weighted by atomic mass is 32.1. The lowest BCUT2D eigenvalue weighted by Crippen LogP contribution is -2.21. The number of thiophene rings is 1. The molecule has 3 aromatic heterocycles. The number of aliphatic hydroxyl groups is 1. The van der Waals surface area contributed by atoms with Gasteiger partial charge in [0.15, 0.2) is 5.76 Å². The molecule has 0 aliphatic carbocycles. The molecule has 0 bridgehead atoms. The number of carbonyl (C=O) groups excluding carboxylic acids is 1. The van der Waals surface area contributed by atoms with Crippen molar-refractivity contribution in [2.24, 2.45) is 0 Å². The van der Waals surface area contributed by atoms with E-state index in [0.29, 0.717) is 17.9 Å². The van der Waals surface area contributed by atoms with Gasteiger partial charge in [-0.25, -0.2) is 0 Å². The van der Waals surface area contributed by atoms with E-state index in [1.165, 1.54) is 17.6 Å². The van der Waals surface area contributed by atoms with Crippen molar-refractivity contribution < 1.29 is 18.7 Å². The van der Waals surface area contributed by atoms with Crippen LogP contribution in [0.5, 0.6) is 0 Å². The number of nitrogens with one attached hydrogen (secondary N) is 1.